The Kier molecular flexibility index (Phi) is 5.81. The van der Waals surface area contributed by atoms with Gasteiger partial charge in [0.25, 0.3) is 0 Å². The van der Waals surface area contributed by atoms with Crippen molar-refractivity contribution in [2.45, 2.75) is 12.5 Å². The average Bonchev–Trinajstić information content (AvgIpc) is 2.43. The lowest BCUT2D eigenvalue weighted by Gasteiger charge is -2.17. The van der Waals surface area contributed by atoms with E-state index in [0.717, 1.165) is 5.56 Å². The topological polar surface area (TPSA) is 67.9 Å². The number of benzene rings is 1. The zero-order valence-corrected chi connectivity index (χ0v) is 11.3. The number of carbonyl (C=O) groups excluding carboxylic acids is 2. The third-order valence-corrected chi connectivity index (χ3v) is 2.42. The van der Waals surface area contributed by atoms with E-state index in [1.54, 1.807) is 14.1 Å². The molecule has 1 aromatic rings. The molecule has 0 aliphatic heterocycles. The second-order valence-electron chi connectivity index (χ2n) is 4.15. The predicted octanol–water partition coefficient (Wildman–Crippen LogP) is 0.973. The van der Waals surface area contributed by atoms with Crippen LogP contribution in [0.2, 0.25) is 0 Å². The Labute approximate surface area is 112 Å². The molecule has 0 unspecified atom stereocenters. The fourth-order valence-electron chi connectivity index (χ4n) is 1.38. The molecule has 0 saturated carbocycles. The van der Waals surface area contributed by atoms with Crippen molar-refractivity contribution in [1.29, 1.82) is 0 Å². The van der Waals surface area contributed by atoms with E-state index in [0.29, 0.717) is 6.42 Å². The van der Waals surface area contributed by atoms with Crippen molar-refractivity contribution >= 4 is 12.1 Å². The molecule has 1 N–H and O–H groups in total. The number of amides is 1. The first-order valence-electron chi connectivity index (χ1n) is 5.80. The summed E-state index contributed by atoms with van der Waals surface area (Å²) in [7, 11) is 4.39. The molecular formula is C13H18N2O4. The van der Waals surface area contributed by atoms with Gasteiger partial charge in [-0.1, -0.05) is 30.3 Å². The Morgan fingerprint density at radius 1 is 1.26 bits per heavy atom. The first kappa shape index (κ1) is 15.0. The molecule has 1 rings (SSSR count). The summed E-state index contributed by atoms with van der Waals surface area (Å²) < 4.78 is 4.67. The summed E-state index contributed by atoms with van der Waals surface area (Å²) in [6, 6.07) is 8.65. The van der Waals surface area contributed by atoms with Gasteiger partial charge in [-0.2, -0.15) is 0 Å². The number of hydroxylamine groups is 1. The van der Waals surface area contributed by atoms with Crippen molar-refractivity contribution in [2.75, 3.05) is 21.2 Å². The van der Waals surface area contributed by atoms with E-state index in [4.69, 9.17) is 4.84 Å². The van der Waals surface area contributed by atoms with Crippen molar-refractivity contribution in [1.82, 2.24) is 10.4 Å². The number of nitrogens with one attached hydrogen (secondary N) is 1. The molecule has 0 aliphatic carbocycles. The Bertz CT molecular complexity index is 420. The van der Waals surface area contributed by atoms with Gasteiger partial charge < -0.3 is 14.5 Å². The molecule has 0 fully saturated rings. The third kappa shape index (κ3) is 4.97. The predicted molar refractivity (Wildman–Crippen MR) is 69.3 cm³/mol. The van der Waals surface area contributed by atoms with E-state index >= 15 is 0 Å². The Hall–Kier alpha value is -2.08. The minimum absolute atomic E-state index is 0.369. The largest absolute Gasteiger partial charge is 0.468 e. The van der Waals surface area contributed by atoms with Crippen molar-refractivity contribution in [3.05, 3.63) is 35.9 Å². The van der Waals surface area contributed by atoms with E-state index in [1.807, 2.05) is 30.3 Å². The lowest BCUT2D eigenvalue weighted by Crippen LogP contribution is -2.42. The fourth-order valence-corrected chi connectivity index (χ4v) is 1.38. The van der Waals surface area contributed by atoms with Gasteiger partial charge in [0.15, 0.2) is 0 Å². The van der Waals surface area contributed by atoms with Crippen molar-refractivity contribution in [3.8, 4) is 0 Å². The van der Waals surface area contributed by atoms with Gasteiger partial charge in [0.2, 0.25) is 0 Å². The highest BCUT2D eigenvalue weighted by atomic mass is 16.7. The summed E-state index contributed by atoms with van der Waals surface area (Å²) in [6.07, 6.45) is -0.212. The van der Waals surface area contributed by atoms with Crippen LogP contribution < -0.4 is 5.48 Å². The monoisotopic (exact) mass is 266 g/mol. The Balaban J connectivity index is 2.63. The number of ether oxygens (including phenoxy) is 1. The highest BCUT2D eigenvalue weighted by Crippen LogP contribution is 2.04. The fraction of sp³-hybridized carbons (Fsp3) is 0.385. The normalized spacial score (nSPS) is 11.5. The smallest absolute Gasteiger partial charge is 0.428 e. The molecule has 1 atom stereocenters. The van der Waals surface area contributed by atoms with Crippen molar-refractivity contribution in [2.24, 2.45) is 0 Å². The summed E-state index contributed by atoms with van der Waals surface area (Å²) in [5, 5.41) is 0. The number of nitrogens with zero attached hydrogens (tertiary/aromatic N) is 1. The summed E-state index contributed by atoms with van der Waals surface area (Å²) in [6.45, 7) is 0. The number of carbonyl (C=O) groups is 2. The van der Waals surface area contributed by atoms with E-state index in [1.165, 1.54) is 12.0 Å². The molecule has 1 amide bonds. The van der Waals surface area contributed by atoms with Crippen LogP contribution in [-0.2, 0) is 20.8 Å². The molecule has 0 aliphatic rings. The molecule has 0 saturated heterocycles. The molecular weight excluding hydrogens is 248 g/mol. The second-order valence-corrected chi connectivity index (χ2v) is 4.15. The van der Waals surface area contributed by atoms with Crippen LogP contribution in [0.3, 0.4) is 0 Å². The minimum atomic E-state index is -0.740. The molecule has 6 heteroatoms. The van der Waals surface area contributed by atoms with Gasteiger partial charge in [-0.25, -0.2) is 4.79 Å². The molecule has 0 aromatic heterocycles. The van der Waals surface area contributed by atoms with Crippen LogP contribution >= 0.6 is 0 Å². The first-order valence-corrected chi connectivity index (χ1v) is 5.80. The van der Waals surface area contributed by atoms with Gasteiger partial charge in [0.1, 0.15) is 6.04 Å². The van der Waals surface area contributed by atoms with Gasteiger partial charge >= 0.3 is 12.1 Å². The molecule has 0 bridgehead atoms. The molecule has 19 heavy (non-hydrogen) atoms. The molecule has 104 valence electrons. The van der Waals surface area contributed by atoms with Crippen LogP contribution in [0.25, 0.3) is 0 Å². The van der Waals surface area contributed by atoms with Gasteiger partial charge in [0, 0.05) is 20.5 Å². The zero-order valence-electron chi connectivity index (χ0n) is 11.3. The average molecular weight is 266 g/mol. The Morgan fingerprint density at radius 3 is 2.42 bits per heavy atom. The third-order valence-electron chi connectivity index (χ3n) is 2.42. The lowest BCUT2D eigenvalue weighted by atomic mass is 10.1. The summed E-state index contributed by atoms with van der Waals surface area (Å²) in [4.78, 5) is 29.0. The van der Waals surface area contributed by atoms with Crippen LogP contribution in [-0.4, -0.2) is 44.2 Å². The molecule has 0 spiro atoms. The van der Waals surface area contributed by atoms with Crippen LogP contribution in [0.15, 0.2) is 30.3 Å². The minimum Gasteiger partial charge on any atom is -0.468 e. The standard InChI is InChI=1S/C13H18N2O4/c1-15(2)13(17)19-14-11(12(16)18-3)9-10-7-5-4-6-8-10/h4-8,11,14H,9H2,1-3H3/t11-/m0/s1. The quantitative estimate of drug-likeness (QED) is 0.635. The van der Waals surface area contributed by atoms with E-state index in [9.17, 15) is 9.59 Å². The Morgan fingerprint density at radius 2 is 1.89 bits per heavy atom. The summed E-state index contributed by atoms with van der Waals surface area (Å²) >= 11 is 0. The molecule has 1 aromatic carbocycles. The van der Waals surface area contributed by atoms with E-state index < -0.39 is 18.1 Å². The second kappa shape index (κ2) is 7.38. The molecule has 0 radical (unpaired) electrons. The maximum Gasteiger partial charge on any atom is 0.428 e. The van der Waals surface area contributed by atoms with Crippen LogP contribution in [0.4, 0.5) is 4.79 Å². The van der Waals surface area contributed by atoms with Crippen LogP contribution in [0.5, 0.6) is 0 Å². The van der Waals surface area contributed by atoms with Crippen LogP contribution in [0, 0.1) is 0 Å². The maximum atomic E-state index is 11.6. The van der Waals surface area contributed by atoms with E-state index in [-0.39, 0.29) is 0 Å². The van der Waals surface area contributed by atoms with Gasteiger partial charge in [-0.3, -0.25) is 4.79 Å². The number of hydrogen-bond acceptors (Lipinski definition) is 5. The lowest BCUT2D eigenvalue weighted by molar-refractivity contribution is -0.146. The van der Waals surface area contributed by atoms with Crippen molar-refractivity contribution < 1.29 is 19.2 Å². The number of hydrogen-bond donors (Lipinski definition) is 1. The number of methoxy groups -OCH3 is 1. The molecule has 0 heterocycles. The zero-order chi connectivity index (χ0) is 14.3. The summed E-state index contributed by atoms with van der Waals surface area (Å²) in [5.74, 6) is -0.490. The highest BCUT2D eigenvalue weighted by Gasteiger charge is 2.21. The maximum absolute atomic E-state index is 11.6. The van der Waals surface area contributed by atoms with Crippen LogP contribution in [0.1, 0.15) is 5.56 Å². The SMILES string of the molecule is COC(=O)[C@H](Cc1ccccc1)NOC(=O)N(C)C. The van der Waals surface area contributed by atoms with Gasteiger partial charge in [0.05, 0.1) is 7.11 Å². The van der Waals surface area contributed by atoms with E-state index in [2.05, 4.69) is 10.2 Å². The van der Waals surface area contributed by atoms with Gasteiger partial charge in [-0.15, -0.1) is 5.48 Å². The number of rotatable bonds is 5. The first-order chi connectivity index (χ1) is 9.04. The van der Waals surface area contributed by atoms with Gasteiger partial charge in [-0.05, 0) is 5.56 Å². The highest BCUT2D eigenvalue weighted by molar-refractivity contribution is 5.76. The van der Waals surface area contributed by atoms with Crippen molar-refractivity contribution in [3.63, 3.8) is 0 Å². The number of esters is 1. The molecule has 6 nitrogen and oxygen atoms in total. The summed E-state index contributed by atoms with van der Waals surface area (Å²) in [5.41, 5.74) is 3.37.